The molecule has 0 aromatic heterocycles. The molecule has 3 aromatic rings. The Bertz CT molecular complexity index is 1490. The summed E-state index contributed by atoms with van der Waals surface area (Å²) in [6.07, 6.45) is 8.76. The first kappa shape index (κ1) is 30.1. The predicted molar refractivity (Wildman–Crippen MR) is 172 cm³/mol. The molecule has 1 heterocycles. The highest BCUT2D eigenvalue weighted by Gasteiger charge is 2.35. The number of nitrogens with zero attached hydrogens (tertiary/aromatic N) is 3. The van der Waals surface area contributed by atoms with Gasteiger partial charge in [0.15, 0.2) is 0 Å². The molecule has 0 unspecified atom stereocenters. The maximum atomic E-state index is 14.3. The third kappa shape index (κ3) is 6.99. The minimum Gasteiger partial charge on any atom is -0.489 e. The van der Waals surface area contributed by atoms with E-state index < -0.39 is 0 Å². The largest absolute Gasteiger partial charge is 0.489 e. The van der Waals surface area contributed by atoms with E-state index in [0.717, 1.165) is 70.8 Å². The third-order valence-corrected chi connectivity index (χ3v) is 7.98. The summed E-state index contributed by atoms with van der Waals surface area (Å²) in [5.41, 5.74) is 6.29. The number of hydrogen-bond donors (Lipinski definition) is 0. The van der Waals surface area contributed by atoms with Crippen molar-refractivity contribution in [3.8, 4) is 5.75 Å². The molecule has 2 amide bonds. The van der Waals surface area contributed by atoms with Crippen molar-refractivity contribution in [2.75, 3.05) is 11.5 Å². The number of rotatable bonds is 9. The van der Waals surface area contributed by atoms with Crippen LogP contribution in [-0.2, 0) is 16.1 Å². The van der Waals surface area contributed by atoms with Crippen LogP contribution in [-0.4, -0.2) is 35.4 Å². The monoisotopic (exact) mass is 579 g/mol. The average molecular weight is 580 g/mol. The summed E-state index contributed by atoms with van der Waals surface area (Å²) in [6, 6.07) is 21.6. The molecular weight excluding hydrogens is 538 g/mol. The van der Waals surface area contributed by atoms with Crippen LogP contribution >= 0.6 is 0 Å². The van der Waals surface area contributed by atoms with E-state index >= 15 is 0 Å². The molecule has 2 aliphatic rings. The summed E-state index contributed by atoms with van der Waals surface area (Å²) >= 11 is 0. The number of carbonyl (C=O) groups excluding carboxylic acids is 2. The van der Waals surface area contributed by atoms with Crippen LogP contribution in [0.25, 0.3) is 6.08 Å². The first-order valence-corrected chi connectivity index (χ1v) is 15.3. The molecule has 7 heteroatoms. The van der Waals surface area contributed by atoms with E-state index in [2.05, 4.69) is 24.3 Å². The first-order chi connectivity index (χ1) is 20.9. The van der Waals surface area contributed by atoms with Crippen molar-refractivity contribution in [3.05, 3.63) is 95.1 Å². The van der Waals surface area contributed by atoms with E-state index in [-0.39, 0.29) is 24.0 Å². The van der Waals surface area contributed by atoms with Crippen LogP contribution in [0.1, 0.15) is 75.1 Å². The second kappa shape index (κ2) is 13.7. The van der Waals surface area contributed by atoms with Gasteiger partial charge in [0, 0.05) is 17.6 Å². The number of esters is 1. The summed E-state index contributed by atoms with van der Waals surface area (Å²) in [5, 5.41) is 6.73. The summed E-state index contributed by atoms with van der Waals surface area (Å²) < 4.78 is 11.4. The Balaban J connectivity index is 1.59. The van der Waals surface area contributed by atoms with E-state index in [1.165, 1.54) is 12.5 Å². The van der Waals surface area contributed by atoms with Crippen molar-refractivity contribution < 1.29 is 19.1 Å². The highest BCUT2D eigenvalue weighted by molar-refractivity contribution is 6.14. The number of urea groups is 1. The van der Waals surface area contributed by atoms with E-state index in [0.29, 0.717) is 13.2 Å². The van der Waals surface area contributed by atoms with E-state index in [9.17, 15) is 9.59 Å². The normalized spacial score (nSPS) is 15.8. The van der Waals surface area contributed by atoms with Crippen molar-refractivity contribution in [2.45, 2.75) is 72.4 Å². The van der Waals surface area contributed by atoms with Gasteiger partial charge in [-0.1, -0.05) is 61.7 Å². The zero-order valence-corrected chi connectivity index (χ0v) is 25.6. The molecule has 1 saturated carbocycles. The van der Waals surface area contributed by atoms with Gasteiger partial charge in [0.05, 0.1) is 29.7 Å². The van der Waals surface area contributed by atoms with Gasteiger partial charge in [-0.3, -0.25) is 4.90 Å². The van der Waals surface area contributed by atoms with E-state index in [1.807, 2.05) is 63.2 Å². The average Bonchev–Trinajstić information content (AvgIpc) is 3.14. The lowest BCUT2D eigenvalue weighted by molar-refractivity contribution is -0.137. The SMILES string of the molecule is CCOC(=O)/C=C/c1ccc(N2C(=O)N(C(C)C)N=C(C3CCCCC3)c3cc(OCc4ccccc4)c(C)cc32)cc1. The van der Waals surface area contributed by atoms with E-state index in [1.54, 1.807) is 22.9 Å². The molecular formula is C36H41N3O4. The fraction of sp³-hybridized carbons (Fsp3) is 0.361. The van der Waals surface area contributed by atoms with Crippen molar-refractivity contribution in [1.82, 2.24) is 5.01 Å². The van der Waals surface area contributed by atoms with Gasteiger partial charge in [0.2, 0.25) is 0 Å². The standard InChI is InChI=1S/C36H41N3O4/c1-5-42-34(40)21-18-27-16-19-30(20-17-27)38-32-22-26(4)33(43-24-28-12-8-6-9-13-28)23-31(32)35(29-14-10-7-11-15-29)37-39(25(2)3)36(38)41/h6,8-9,12-13,16-23,25,29H,5,7,10-11,14-15,24H2,1-4H3/b21-18+. The van der Waals surface area contributed by atoms with Crippen molar-refractivity contribution >= 4 is 35.2 Å². The number of hydrogen-bond acceptors (Lipinski definition) is 5. The highest BCUT2D eigenvalue weighted by Crippen LogP contribution is 2.41. The van der Waals surface area contributed by atoms with Gasteiger partial charge in [0.1, 0.15) is 12.4 Å². The maximum Gasteiger partial charge on any atom is 0.349 e. The molecule has 0 radical (unpaired) electrons. The topological polar surface area (TPSA) is 71.4 Å². The Hall–Kier alpha value is -4.39. The summed E-state index contributed by atoms with van der Waals surface area (Å²) in [6.45, 7) is 8.58. The predicted octanol–water partition coefficient (Wildman–Crippen LogP) is 8.42. The molecule has 43 heavy (non-hydrogen) atoms. The van der Waals surface area contributed by atoms with Gasteiger partial charge in [-0.25, -0.2) is 14.6 Å². The number of anilines is 2. The molecule has 1 aliphatic carbocycles. The Kier molecular flexibility index (Phi) is 9.60. The highest BCUT2D eigenvalue weighted by atomic mass is 16.5. The number of fused-ring (bicyclic) bond motifs is 1. The molecule has 0 bridgehead atoms. The van der Waals surface area contributed by atoms with Crippen molar-refractivity contribution in [1.29, 1.82) is 0 Å². The van der Waals surface area contributed by atoms with Crippen LogP contribution in [0.2, 0.25) is 0 Å². The third-order valence-electron chi connectivity index (χ3n) is 7.98. The van der Waals surface area contributed by atoms with Crippen molar-refractivity contribution in [3.63, 3.8) is 0 Å². The smallest absolute Gasteiger partial charge is 0.349 e. The van der Waals surface area contributed by atoms with Crippen LogP contribution in [0.4, 0.5) is 16.2 Å². The lowest BCUT2D eigenvalue weighted by Gasteiger charge is -2.29. The minimum absolute atomic E-state index is 0.135. The summed E-state index contributed by atoms with van der Waals surface area (Å²) in [4.78, 5) is 27.9. The molecule has 0 atom stereocenters. The Morgan fingerprint density at radius 2 is 1.74 bits per heavy atom. The van der Waals surface area contributed by atoms with Gasteiger partial charge < -0.3 is 9.47 Å². The molecule has 5 rings (SSSR count). The van der Waals surface area contributed by atoms with Gasteiger partial charge in [0.25, 0.3) is 0 Å². The molecule has 0 spiro atoms. The minimum atomic E-state index is -0.385. The second-order valence-electron chi connectivity index (χ2n) is 11.5. The number of amides is 2. The van der Waals surface area contributed by atoms with Crippen LogP contribution in [0.15, 0.2) is 77.9 Å². The molecule has 7 nitrogen and oxygen atoms in total. The Morgan fingerprint density at radius 1 is 1.02 bits per heavy atom. The molecule has 0 N–H and O–H groups in total. The molecule has 1 aliphatic heterocycles. The summed E-state index contributed by atoms with van der Waals surface area (Å²) in [7, 11) is 0. The number of benzene rings is 3. The molecule has 0 saturated heterocycles. The van der Waals surface area contributed by atoms with Gasteiger partial charge >= 0.3 is 12.0 Å². The van der Waals surface area contributed by atoms with Gasteiger partial charge in [-0.05, 0) is 87.6 Å². The number of aryl methyl sites for hydroxylation is 1. The molecule has 3 aromatic carbocycles. The number of hydrazone groups is 1. The zero-order valence-electron chi connectivity index (χ0n) is 25.6. The fourth-order valence-corrected chi connectivity index (χ4v) is 5.72. The van der Waals surface area contributed by atoms with Crippen LogP contribution in [0, 0.1) is 12.8 Å². The van der Waals surface area contributed by atoms with Gasteiger partial charge in [-0.15, -0.1) is 0 Å². The second-order valence-corrected chi connectivity index (χ2v) is 11.5. The summed E-state index contributed by atoms with van der Waals surface area (Å²) in [5.74, 6) is 0.668. The quantitative estimate of drug-likeness (QED) is 0.188. The van der Waals surface area contributed by atoms with Gasteiger partial charge in [-0.2, -0.15) is 5.10 Å². The molecule has 1 fully saturated rings. The van der Waals surface area contributed by atoms with Crippen LogP contribution in [0.3, 0.4) is 0 Å². The van der Waals surface area contributed by atoms with Crippen LogP contribution < -0.4 is 9.64 Å². The zero-order chi connectivity index (χ0) is 30.3. The lowest BCUT2D eigenvalue weighted by Crippen LogP contribution is -2.41. The lowest BCUT2D eigenvalue weighted by atomic mass is 9.82. The molecule has 224 valence electrons. The Morgan fingerprint density at radius 3 is 2.42 bits per heavy atom. The van der Waals surface area contributed by atoms with Crippen LogP contribution in [0.5, 0.6) is 5.75 Å². The number of ether oxygens (including phenoxy) is 2. The first-order valence-electron chi connectivity index (χ1n) is 15.3. The Labute approximate surface area is 254 Å². The maximum absolute atomic E-state index is 14.3. The van der Waals surface area contributed by atoms with Crippen molar-refractivity contribution in [2.24, 2.45) is 11.0 Å². The van der Waals surface area contributed by atoms with E-state index in [4.69, 9.17) is 14.6 Å². The number of carbonyl (C=O) groups is 2. The fourth-order valence-electron chi connectivity index (χ4n) is 5.72.